The molecule has 3 aromatic rings. The van der Waals surface area contributed by atoms with E-state index in [1.165, 1.54) is 26.4 Å². The Morgan fingerprint density at radius 3 is 2.51 bits per heavy atom. The summed E-state index contributed by atoms with van der Waals surface area (Å²) >= 11 is 6.09. The van der Waals surface area contributed by atoms with Gasteiger partial charge in [0.15, 0.2) is 35.2 Å². The van der Waals surface area contributed by atoms with Crippen molar-refractivity contribution in [2.75, 3.05) is 50.1 Å². The zero-order chi connectivity index (χ0) is 25.1. The summed E-state index contributed by atoms with van der Waals surface area (Å²) < 4.78 is 25.5. The molecule has 4 rings (SSSR count). The van der Waals surface area contributed by atoms with Crippen LogP contribution in [-0.2, 0) is 11.3 Å². The molecule has 1 aliphatic heterocycles. The Hall–Kier alpha value is -3.22. The van der Waals surface area contributed by atoms with Crippen molar-refractivity contribution in [3.8, 4) is 17.1 Å². The molecule has 1 aromatic heterocycles. The Morgan fingerprint density at radius 2 is 1.86 bits per heavy atom. The van der Waals surface area contributed by atoms with Gasteiger partial charge in [-0.2, -0.15) is 0 Å². The third-order valence-corrected chi connectivity index (χ3v) is 6.74. The molecule has 1 aliphatic rings. The van der Waals surface area contributed by atoms with Crippen LogP contribution in [0, 0.1) is 5.82 Å². The number of methoxy groups -OCH3 is 2. The maximum absolute atomic E-state index is 15.3. The van der Waals surface area contributed by atoms with Gasteiger partial charge in [0.1, 0.15) is 13.2 Å². The van der Waals surface area contributed by atoms with Gasteiger partial charge in [-0.15, -0.1) is 0 Å². The predicted molar refractivity (Wildman–Crippen MR) is 140 cm³/mol. The molecule has 2 aromatic carbocycles. The number of rotatable bonds is 7. The predicted octanol–water partition coefficient (Wildman–Crippen LogP) is 5.06. The first-order valence-electron chi connectivity index (χ1n) is 10.9. The van der Waals surface area contributed by atoms with Gasteiger partial charge in [-0.3, -0.25) is 0 Å². The summed E-state index contributed by atoms with van der Waals surface area (Å²) in [6.07, 6.45) is 4.85. The van der Waals surface area contributed by atoms with Crippen LogP contribution < -0.4 is 14.5 Å². The molecular formula is C25H26ClFN4O3P+. The second-order valence-corrected chi connectivity index (χ2v) is 10.6. The van der Waals surface area contributed by atoms with E-state index >= 15 is 4.39 Å². The van der Waals surface area contributed by atoms with Crippen molar-refractivity contribution < 1.29 is 18.7 Å². The monoisotopic (exact) mass is 515 g/mol. The van der Waals surface area contributed by atoms with Crippen molar-refractivity contribution in [1.29, 1.82) is 0 Å². The molecule has 7 nitrogen and oxygen atoms in total. The summed E-state index contributed by atoms with van der Waals surface area (Å²) in [5, 5.41) is 0.129. The highest BCUT2D eigenvalue weighted by Crippen LogP contribution is 2.40. The number of benzene rings is 2. The van der Waals surface area contributed by atoms with E-state index in [0.717, 1.165) is 5.56 Å². The fourth-order valence-electron chi connectivity index (χ4n) is 4.06. The van der Waals surface area contributed by atoms with Gasteiger partial charge in [0.2, 0.25) is 0 Å². The first kappa shape index (κ1) is 24.9. The fraction of sp³-hybridized carbons (Fsp3) is 0.280. The maximum atomic E-state index is 15.3. The van der Waals surface area contributed by atoms with Crippen molar-refractivity contribution in [3.05, 3.63) is 64.6 Å². The quantitative estimate of drug-likeness (QED) is 0.322. The number of hydrogen-bond acceptors (Lipinski definition) is 7. The zero-order valence-electron chi connectivity index (χ0n) is 19.8. The minimum absolute atomic E-state index is 0.0488. The van der Waals surface area contributed by atoms with Gasteiger partial charge < -0.3 is 19.3 Å². The van der Waals surface area contributed by atoms with Gasteiger partial charge in [0, 0.05) is 19.6 Å². The Kier molecular flexibility index (Phi) is 7.53. The average Bonchev–Trinajstić information content (AvgIpc) is 2.85. The summed E-state index contributed by atoms with van der Waals surface area (Å²) in [6.45, 7) is 3.95. The lowest BCUT2D eigenvalue weighted by molar-refractivity contribution is 0.0594. The van der Waals surface area contributed by atoms with E-state index in [4.69, 9.17) is 26.1 Å². The lowest BCUT2D eigenvalue weighted by atomic mass is 10.1. The lowest BCUT2D eigenvalue weighted by Crippen LogP contribution is -2.42. The molecule has 0 radical (unpaired) electrons. The summed E-state index contributed by atoms with van der Waals surface area (Å²) in [5.74, 6) is -0.840. The second-order valence-electron chi connectivity index (χ2n) is 8.17. The number of anilines is 2. The molecule has 0 amide bonds. The summed E-state index contributed by atoms with van der Waals surface area (Å²) in [6, 6.07) is 12.9. The van der Waals surface area contributed by atoms with Gasteiger partial charge in [-0.05, 0) is 17.7 Å². The first-order chi connectivity index (χ1) is 16.8. The number of fused-ring (bicyclic) bond motifs is 1. The van der Waals surface area contributed by atoms with Crippen molar-refractivity contribution in [2.45, 2.75) is 6.54 Å². The SMILES string of the molecule is C=[P+](C)CN1CCN(Cc2ccccc2)c2c(C(=O)OC)nc(-c3ccc(Cl)c(OC)c3F)nc21. The number of esters is 1. The van der Waals surface area contributed by atoms with E-state index < -0.39 is 19.3 Å². The van der Waals surface area contributed by atoms with Gasteiger partial charge in [0.05, 0.1) is 37.8 Å². The van der Waals surface area contributed by atoms with Crippen LogP contribution in [0.3, 0.4) is 0 Å². The molecular weight excluding hydrogens is 490 g/mol. The molecule has 0 N–H and O–H groups in total. The van der Waals surface area contributed by atoms with E-state index in [2.05, 4.69) is 27.7 Å². The highest BCUT2D eigenvalue weighted by molar-refractivity contribution is 7.55. The van der Waals surface area contributed by atoms with Gasteiger partial charge in [-0.1, -0.05) is 41.9 Å². The van der Waals surface area contributed by atoms with Crippen LogP contribution in [0.25, 0.3) is 11.4 Å². The number of halogens is 2. The lowest BCUT2D eigenvalue weighted by Gasteiger charge is -2.37. The van der Waals surface area contributed by atoms with Gasteiger partial charge in [-0.25, -0.2) is 19.2 Å². The van der Waals surface area contributed by atoms with E-state index in [-0.39, 0.29) is 27.9 Å². The number of nitrogens with zero attached hydrogens (tertiary/aromatic N) is 4. The van der Waals surface area contributed by atoms with Crippen LogP contribution in [0.5, 0.6) is 5.75 Å². The highest BCUT2D eigenvalue weighted by atomic mass is 35.5. The van der Waals surface area contributed by atoms with Crippen LogP contribution in [0.15, 0.2) is 42.5 Å². The summed E-state index contributed by atoms with van der Waals surface area (Å²) in [4.78, 5) is 26.4. The fourth-order valence-corrected chi connectivity index (χ4v) is 5.14. The summed E-state index contributed by atoms with van der Waals surface area (Å²) in [7, 11) is 2.08. The molecule has 1 unspecified atom stereocenters. The van der Waals surface area contributed by atoms with E-state index in [0.29, 0.717) is 37.4 Å². The van der Waals surface area contributed by atoms with Crippen molar-refractivity contribution in [1.82, 2.24) is 9.97 Å². The highest BCUT2D eigenvalue weighted by Gasteiger charge is 2.34. The number of ether oxygens (including phenoxy) is 2. The molecule has 35 heavy (non-hydrogen) atoms. The Morgan fingerprint density at radius 1 is 1.14 bits per heavy atom. The van der Waals surface area contributed by atoms with Crippen LogP contribution in [0.1, 0.15) is 16.1 Å². The van der Waals surface area contributed by atoms with Gasteiger partial charge in [0.25, 0.3) is 0 Å². The molecule has 0 bridgehead atoms. The largest absolute Gasteiger partial charge is 0.492 e. The van der Waals surface area contributed by atoms with E-state index in [1.807, 2.05) is 30.3 Å². The van der Waals surface area contributed by atoms with Crippen molar-refractivity contribution >= 4 is 42.9 Å². The number of aromatic nitrogens is 2. The Bertz CT molecular complexity index is 1280. The molecule has 0 saturated carbocycles. The smallest absolute Gasteiger partial charge is 0.359 e. The van der Waals surface area contributed by atoms with Crippen molar-refractivity contribution in [2.24, 2.45) is 0 Å². The standard InChI is InChI=1S/C25H26ClFN4O3P/c1-33-22-18(26)11-10-17(19(22)27)23-28-20(25(32)34-2)21-24(29-23)31(15-35(3)4)13-12-30(21)14-16-8-6-5-7-9-16/h5-11H,3,12-15H2,1-2,4H3/q+1. The zero-order valence-corrected chi connectivity index (χ0v) is 21.4. The van der Waals surface area contributed by atoms with Crippen molar-refractivity contribution in [3.63, 3.8) is 0 Å². The molecule has 182 valence electrons. The Labute approximate surface area is 209 Å². The van der Waals surface area contributed by atoms with E-state index in [1.54, 1.807) is 0 Å². The number of hydrogen-bond donors (Lipinski definition) is 0. The molecule has 0 fully saturated rings. The molecule has 0 saturated heterocycles. The second kappa shape index (κ2) is 10.6. The summed E-state index contributed by atoms with van der Waals surface area (Å²) in [5.41, 5.74) is 1.79. The van der Waals surface area contributed by atoms with Crippen LogP contribution in [0.4, 0.5) is 15.9 Å². The third-order valence-electron chi connectivity index (χ3n) is 5.62. The normalized spacial score (nSPS) is 13.3. The number of carbonyl (C=O) groups excluding carboxylic acids is 1. The topological polar surface area (TPSA) is 67.8 Å². The molecule has 0 aliphatic carbocycles. The minimum Gasteiger partial charge on any atom is -0.492 e. The maximum Gasteiger partial charge on any atom is 0.359 e. The Balaban J connectivity index is 1.93. The van der Waals surface area contributed by atoms with E-state index in [9.17, 15) is 4.79 Å². The average molecular weight is 516 g/mol. The molecule has 2 heterocycles. The van der Waals surface area contributed by atoms with Crippen LogP contribution >= 0.6 is 19.1 Å². The molecule has 10 heteroatoms. The minimum atomic E-state index is -0.700. The molecule has 1 atom stereocenters. The third kappa shape index (κ3) is 5.09. The number of carbonyl (C=O) groups is 1. The van der Waals surface area contributed by atoms with Crippen LogP contribution in [-0.4, -0.2) is 62.5 Å². The molecule has 0 spiro atoms. The first-order valence-corrected chi connectivity index (χ1v) is 13.5. The van der Waals surface area contributed by atoms with Crippen LogP contribution in [0.2, 0.25) is 5.02 Å². The van der Waals surface area contributed by atoms with Gasteiger partial charge >= 0.3 is 5.97 Å².